The first kappa shape index (κ1) is 14.4. The summed E-state index contributed by atoms with van der Waals surface area (Å²) in [5.41, 5.74) is 0. The van der Waals surface area contributed by atoms with E-state index in [0.717, 1.165) is 4.90 Å². The van der Waals surface area contributed by atoms with Gasteiger partial charge in [-0.2, -0.15) is 4.98 Å². The normalized spacial score (nSPS) is 14.3. The molecule has 4 nitrogen and oxygen atoms in total. The molecule has 0 aliphatic rings. The number of halogens is 1. The van der Waals surface area contributed by atoms with E-state index in [2.05, 4.69) is 10.1 Å². The van der Waals surface area contributed by atoms with Crippen molar-refractivity contribution in [1.29, 1.82) is 0 Å². The monoisotopic (exact) mass is 298 g/mol. The molecule has 0 aliphatic carbocycles. The molecule has 1 N–H and O–H groups in total. The molecule has 0 spiro atoms. The Morgan fingerprint density at radius 2 is 2.21 bits per heavy atom. The van der Waals surface area contributed by atoms with Gasteiger partial charge in [0.05, 0.1) is 17.8 Å². The van der Waals surface area contributed by atoms with E-state index < -0.39 is 6.10 Å². The van der Waals surface area contributed by atoms with E-state index in [0.29, 0.717) is 22.5 Å². The highest BCUT2D eigenvalue weighted by molar-refractivity contribution is 7.98. The van der Waals surface area contributed by atoms with E-state index in [-0.39, 0.29) is 5.92 Å². The number of aromatic nitrogens is 2. The first-order valence-corrected chi connectivity index (χ1v) is 7.31. The predicted octanol–water partition coefficient (Wildman–Crippen LogP) is 3.50. The standard InChI is InChI=1S/C13H15ClN2O2S/c1-8(9(2)17)13-15-12(16-18-13)7-19-11-5-3-4-10(14)6-11/h3-6,8-9,17H,7H2,1-2H3. The third-order valence-corrected chi connectivity index (χ3v) is 3.99. The number of hydrogen-bond donors (Lipinski definition) is 1. The fourth-order valence-corrected chi connectivity index (χ4v) is 2.48. The van der Waals surface area contributed by atoms with Crippen molar-refractivity contribution in [3.63, 3.8) is 0 Å². The van der Waals surface area contributed by atoms with Crippen LogP contribution in [-0.4, -0.2) is 21.4 Å². The van der Waals surface area contributed by atoms with E-state index in [4.69, 9.17) is 16.1 Å². The van der Waals surface area contributed by atoms with Gasteiger partial charge in [-0.05, 0) is 25.1 Å². The number of nitrogens with zero attached hydrogens (tertiary/aromatic N) is 2. The van der Waals surface area contributed by atoms with Crippen molar-refractivity contribution in [3.05, 3.63) is 41.0 Å². The fourth-order valence-electron chi connectivity index (χ4n) is 1.42. The maximum atomic E-state index is 9.47. The van der Waals surface area contributed by atoms with E-state index in [1.165, 1.54) is 0 Å². The lowest BCUT2D eigenvalue weighted by molar-refractivity contribution is 0.151. The number of rotatable bonds is 5. The van der Waals surface area contributed by atoms with Crippen LogP contribution in [-0.2, 0) is 5.75 Å². The van der Waals surface area contributed by atoms with E-state index >= 15 is 0 Å². The van der Waals surface area contributed by atoms with Crippen molar-refractivity contribution in [3.8, 4) is 0 Å². The van der Waals surface area contributed by atoms with Crippen molar-refractivity contribution in [2.24, 2.45) is 0 Å². The summed E-state index contributed by atoms with van der Waals surface area (Å²) in [5.74, 6) is 1.54. The summed E-state index contributed by atoms with van der Waals surface area (Å²) in [6.45, 7) is 3.56. The van der Waals surface area contributed by atoms with Crippen LogP contribution in [0.4, 0.5) is 0 Å². The van der Waals surface area contributed by atoms with Gasteiger partial charge in [0, 0.05) is 9.92 Å². The molecule has 2 rings (SSSR count). The van der Waals surface area contributed by atoms with Crippen molar-refractivity contribution < 1.29 is 9.63 Å². The van der Waals surface area contributed by atoms with Crippen LogP contribution in [0.2, 0.25) is 5.02 Å². The zero-order valence-electron chi connectivity index (χ0n) is 10.7. The first-order chi connectivity index (χ1) is 9.06. The molecule has 0 bridgehead atoms. The van der Waals surface area contributed by atoms with E-state index in [1.54, 1.807) is 18.7 Å². The Hall–Kier alpha value is -1.04. The molecule has 1 aromatic heterocycles. The molecule has 0 aliphatic heterocycles. The Morgan fingerprint density at radius 3 is 2.89 bits per heavy atom. The lowest BCUT2D eigenvalue weighted by Gasteiger charge is -2.07. The van der Waals surface area contributed by atoms with Crippen LogP contribution in [0.25, 0.3) is 0 Å². The third-order valence-electron chi connectivity index (χ3n) is 2.76. The second-order valence-corrected chi connectivity index (χ2v) is 5.81. The van der Waals surface area contributed by atoms with Crippen LogP contribution in [0.3, 0.4) is 0 Å². The average Bonchev–Trinajstić information content (AvgIpc) is 2.84. The Bertz CT molecular complexity index is 545. The molecular formula is C13H15ClN2O2S. The minimum absolute atomic E-state index is 0.155. The Morgan fingerprint density at radius 1 is 1.42 bits per heavy atom. The molecular weight excluding hydrogens is 284 g/mol. The molecule has 6 heteroatoms. The lowest BCUT2D eigenvalue weighted by Crippen LogP contribution is -2.11. The third kappa shape index (κ3) is 3.96. The molecule has 0 saturated heterocycles. The summed E-state index contributed by atoms with van der Waals surface area (Å²) in [4.78, 5) is 5.34. The van der Waals surface area contributed by atoms with Crippen LogP contribution in [0.15, 0.2) is 33.7 Å². The lowest BCUT2D eigenvalue weighted by atomic mass is 10.1. The van der Waals surface area contributed by atoms with Gasteiger partial charge >= 0.3 is 0 Å². The minimum atomic E-state index is -0.506. The summed E-state index contributed by atoms with van der Waals surface area (Å²) < 4.78 is 5.14. The molecule has 1 heterocycles. The molecule has 1 aromatic carbocycles. The van der Waals surface area contributed by atoms with Crippen molar-refractivity contribution in [1.82, 2.24) is 10.1 Å². The van der Waals surface area contributed by atoms with Crippen LogP contribution in [0.5, 0.6) is 0 Å². The summed E-state index contributed by atoms with van der Waals surface area (Å²) in [6.07, 6.45) is -0.506. The van der Waals surface area contributed by atoms with Gasteiger partial charge in [0.1, 0.15) is 0 Å². The SMILES string of the molecule is CC(O)C(C)c1nc(CSc2cccc(Cl)c2)no1. The highest BCUT2D eigenvalue weighted by Gasteiger charge is 2.18. The smallest absolute Gasteiger partial charge is 0.232 e. The maximum Gasteiger partial charge on any atom is 0.232 e. The van der Waals surface area contributed by atoms with Gasteiger partial charge in [0.2, 0.25) is 5.89 Å². The number of aliphatic hydroxyl groups excluding tert-OH is 1. The van der Waals surface area contributed by atoms with Gasteiger partial charge < -0.3 is 9.63 Å². The summed E-state index contributed by atoms with van der Waals surface area (Å²) in [6, 6.07) is 7.62. The van der Waals surface area contributed by atoms with Crippen LogP contribution in [0, 0.1) is 0 Å². The molecule has 0 radical (unpaired) electrons. The second kappa shape index (κ2) is 6.41. The Balaban J connectivity index is 1.97. The predicted molar refractivity (Wildman–Crippen MR) is 75.4 cm³/mol. The van der Waals surface area contributed by atoms with Crippen molar-refractivity contribution >= 4 is 23.4 Å². The second-order valence-electron chi connectivity index (χ2n) is 4.32. The van der Waals surface area contributed by atoms with Crippen LogP contribution >= 0.6 is 23.4 Å². The molecule has 2 aromatic rings. The Kier molecular flexibility index (Phi) is 4.85. The molecule has 0 fully saturated rings. The first-order valence-electron chi connectivity index (χ1n) is 5.95. The van der Waals surface area contributed by atoms with Gasteiger partial charge in [-0.15, -0.1) is 11.8 Å². The molecule has 0 saturated carbocycles. The van der Waals surface area contributed by atoms with Gasteiger partial charge in [-0.3, -0.25) is 0 Å². The van der Waals surface area contributed by atoms with E-state index in [1.807, 2.05) is 31.2 Å². The number of benzene rings is 1. The van der Waals surface area contributed by atoms with Gasteiger partial charge in [-0.1, -0.05) is 29.7 Å². The molecule has 2 atom stereocenters. The molecule has 0 amide bonds. The van der Waals surface area contributed by atoms with Crippen LogP contribution < -0.4 is 0 Å². The quantitative estimate of drug-likeness (QED) is 0.856. The summed E-state index contributed by atoms with van der Waals surface area (Å²) in [7, 11) is 0. The molecule has 19 heavy (non-hydrogen) atoms. The Labute approximate surface area is 121 Å². The number of aliphatic hydroxyl groups is 1. The summed E-state index contributed by atoms with van der Waals surface area (Å²) >= 11 is 7.51. The largest absolute Gasteiger partial charge is 0.393 e. The van der Waals surface area contributed by atoms with E-state index in [9.17, 15) is 5.11 Å². The van der Waals surface area contributed by atoms with Gasteiger partial charge in [-0.25, -0.2) is 0 Å². The average molecular weight is 299 g/mol. The topological polar surface area (TPSA) is 59.2 Å². The van der Waals surface area contributed by atoms with Crippen molar-refractivity contribution in [2.75, 3.05) is 0 Å². The fraction of sp³-hybridized carbons (Fsp3) is 0.385. The zero-order valence-corrected chi connectivity index (χ0v) is 12.3. The summed E-state index contributed by atoms with van der Waals surface area (Å²) in [5, 5.41) is 14.1. The van der Waals surface area contributed by atoms with Crippen LogP contribution in [0.1, 0.15) is 31.5 Å². The van der Waals surface area contributed by atoms with Gasteiger partial charge in [0.25, 0.3) is 0 Å². The molecule has 102 valence electrons. The molecule has 2 unspecified atom stereocenters. The van der Waals surface area contributed by atoms with Gasteiger partial charge in [0.15, 0.2) is 5.82 Å². The highest BCUT2D eigenvalue weighted by Crippen LogP contribution is 2.25. The number of hydrogen-bond acceptors (Lipinski definition) is 5. The highest BCUT2D eigenvalue weighted by atomic mass is 35.5. The van der Waals surface area contributed by atoms with Crippen molar-refractivity contribution in [2.45, 2.75) is 36.5 Å². The maximum absolute atomic E-state index is 9.47. The number of thioether (sulfide) groups is 1. The zero-order chi connectivity index (χ0) is 13.8. The minimum Gasteiger partial charge on any atom is -0.393 e.